The maximum absolute atomic E-state index is 5.42. The van der Waals surface area contributed by atoms with Gasteiger partial charge < -0.3 is 0 Å². The lowest BCUT2D eigenvalue weighted by molar-refractivity contribution is 0.597. The molecule has 0 radical (unpaired) electrons. The van der Waals surface area contributed by atoms with Gasteiger partial charge in [0.2, 0.25) is 0 Å². The van der Waals surface area contributed by atoms with Crippen LogP contribution in [0.4, 0.5) is 0 Å². The predicted molar refractivity (Wildman–Crippen MR) is 53.2 cm³/mol. The van der Waals surface area contributed by atoms with Crippen molar-refractivity contribution < 1.29 is 0 Å². The second-order valence-electron chi connectivity index (χ2n) is 2.99. The number of rotatable bonds is 3. The fraction of sp³-hybridized carbons (Fsp3) is 0.500. The third-order valence-corrected chi connectivity index (χ3v) is 1.91. The molecule has 1 atom stereocenters. The SMILES string of the molecule is C#CC(NCC)c1cc(C)nn1C. The van der Waals surface area contributed by atoms with Crippen molar-refractivity contribution in [2.24, 2.45) is 7.05 Å². The minimum atomic E-state index is -0.0313. The van der Waals surface area contributed by atoms with Gasteiger partial charge in [-0.15, -0.1) is 6.42 Å². The van der Waals surface area contributed by atoms with Crippen molar-refractivity contribution in [1.82, 2.24) is 15.1 Å². The summed E-state index contributed by atoms with van der Waals surface area (Å²) >= 11 is 0. The Morgan fingerprint density at radius 1 is 1.77 bits per heavy atom. The van der Waals surface area contributed by atoms with Crippen molar-refractivity contribution in [2.75, 3.05) is 6.54 Å². The highest BCUT2D eigenvalue weighted by atomic mass is 15.3. The number of aryl methyl sites for hydroxylation is 2. The molecule has 1 rings (SSSR count). The van der Waals surface area contributed by atoms with Gasteiger partial charge in [0.15, 0.2) is 0 Å². The molecule has 1 N–H and O–H groups in total. The summed E-state index contributed by atoms with van der Waals surface area (Å²) in [5.41, 5.74) is 2.04. The van der Waals surface area contributed by atoms with E-state index in [1.165, 1.54) is 0 Å². The smallest absolute Gasteiger partial charge is 0.111 e. The fourth-order valence-corrected chi connectivity index (χ4v) is 1.35. The number of terminal acetylenes is 1. The average molecular weight is 177 g/mol. The Kier molecular flexibility index (Phi) is 3.10. The van der Waals surface area contributed by atoms with Crippen LogP contribution in [0.25, 0.3) is 0 Å². The van der Waals surface area contributed by atoms with Gasteiger partial charge in [0.05, 0.1) is 11.4 Å². The molecular weight excluding hydrogens is 162 g/mol. The predicted octanol–water partition coefficient (Wildman–Crippen LogP) is 1.01. The first-order chi connectivity index (χ1) is 6.19. The van der Waals surface area contributed by atoms with Gasteiger partial charge in [0, 0.05) is 7.05 Å². The van der Waals surface area contributed by atoms with Crippen LogP contribution < -0.4 is 5.32 Å². The maximum atomic E-state index is 5.42. The summed E-state index contributed by atoms with van der Waals surface area (Å²) in [5, 5.41) is 7.45. The topological polar surface area (TPSA) is 29.9 Å². The van der Waals surface area contributed by atoms with Gasteiger partial charge in [-0.05, 0) is 19.5 Å². The Balaban J connectivity index is 2.92. The largest absolute Gasteiger partial charge is 0.299 e. The molecule has 1 heterocycles. The molecule has 0 saturated heterocycles. The molecular formula is C10H15N3. The normalized spacial score (nSPS) is 12.5. The first kappa shape index (κ1) is 9.82. The van der Waals surface area contributed by atoms with Gasteiger partial charge in [-0.3, -0.25) is 10.00 Å². The molecule has 1 unspecified atom stereocenters. The van der Waals surface area contributed by atoms with Crippen LogP contribution >= 0.6 is 0 Å². The average Bonchev–Trinajstić information content (AvgIpc) is 2.41. The lowest BCUT2D eigenvalue weighted by atomic mass is 10.2. The van der Waals surface area contributed by atoms with Gasteiger partial charge >= 0.3 is 0 Å². The summed E-state index contributed by atoms with van der Waals surface area (Å²) in [6.45, 7) is 4.86. The van der Waals surface area contributed by atoms with Gasteiger partial charge in [-0.25, -0.2) is 0 Å². The van der Waals surface area contributed by atoms with E-state index in [2.05, 4.69) is 16.3 Å². The lowest BCUT2D eigenvalue weighted by Gasteiger charge is -2.10. The zero-order chi connectivity index (χ0) is 9.84. The highest BCUT2D eigenvalue weighted by molar-refractivity contribution is 5.20. The molecule has 1 aromatic rings. The summed E-state index contributed by atoms with van der Waals surface area (Å²) in [4.78, 5) is 0. The molecule has 0 saturated carbocycles. The molecule has 70 valence electrons. The summed E-state index contributed by atoms with van der Waals surface area (Å²) in [6.07, 6.45) is 5.42. The van der Waals surface area contributed by atoms with E-state index in [1.807, 2.05) is 31.6 Å². The van der Waals surface area contributed by atoms with Crippen LogP contribution in [0, 0.1) is 19.3 Å². The zero-order valence-corrected chi connectivity index (χ0v) is 8.33. The van der Waals surface area contributed by atoms with Crippen molar-refractivity contribution >= 4 is 0 Å². The summed E-state index contributed by atoms with van der Waals surface area (Å²) in [7, 11) is 1.91. The van der Waals surface area contributed by atoms with Crippen LogP contribution in [0.15, 0.2) is 6.07 Å². The van der Waals surface area contributed by atoms with E-state index in [0.717, 1.165) is 17.9 Å². The molecule has 0 fully saturated rings. The first-order valence-electron chi connectivity index (χ1n) is 4.39. The van der Waals surface area contributed by atoms with Crippen LogP contribution in [-0.4, -0.2) is 16.3 Å². The Morgan fingerprint density at radius 3 is 2.85 bits per heavy atom. The van der Waals surface area contributed by atoms with Crippen molar-refractivity contribution in [3.05, 3.63) is 17.5 Å². The maximum Gasteiger partial charge on any atom is 0.111 e. The van der Waals surface area contributed by atoms with Gasteiger partial charge in [-0.2, -0.15) is 5.10 Å². The van der Waals surface area contributed by atoms with Crippen LogP contribution in [0.5, 0.6) is 0 Å². The van der Waals surface area contributed by atoms with E-state index >= 15 is 0 Å². The first-order valence-corrected chi connectivity index (χ1v) is 4.39. The standard InChI is InChI=1S/C10H15N3/c1-5-9(11-6-2)10-7-8(3)12-13(10)4/h1,7,9,11H,6H2,2-4H3. The molecule has 0 aromatic carbocycles. The highest BCUT2D eigenvalue weighted by Gasteiger charge is 2.11. The second kappa shape index (κ2) is 4.11. The van der Waals surface area contributed by atoms with E-state index < -0.39 is 0 Å². The van der Waals surface area contributed by atoms with E-state index in [-0.39, 0.29) is 6.04 Å². The Hall–Kier alpha value is -1.27. The molecule has 0 spiro atoms. The molecule has 0 aliphatic rings. The number of nitrogens with zero attached hydrogens (tertiary/aromatic N) is 2. The molecule has 3 nitrogen and oxygen atoms in total. The third-order valence-electron chi connectivity index (χ3n) is 1.91. The van der Waals surface area contributed by atoms with Crippen molar-refractivity contribution in [3.8, 4) is 12.3 Å². The Bertz CT molecular complexity index is 319. The van der Waals surface area contributed by atoms with Crippen LogP contribution in [0.1, 0.15) is 24.4 Å². The molecule has 13 heavy (non-hydrogen) atoms. The monoisotopic (exact) mass is 177 g/mol. The second-order valence-corrected chi connectivity index (χ2v) is 2.99. The zero-order valence-electron chi connectivity index (χ0n) is 8.33. The van der Waals surface area contributed by atoms with Gasteiger partial charge in [0.25, 0.3) is 0 Å². The Morgan fingerprint density at radius 2 is 2.46 bits per heavy atom. The molecule has 1 aromatic heterocycles. The summed E-state index contributed by atoms with van der Waals surface area (Å²) in [5.74, 6) is 2.70. The summed E-state index contributed by atoms with van der Waals surface area (Å²) in [6, 6.07) is 1.98. The fourth-order valence-electron chi connectivity index (χ4n) is 1.35. The van der Waals surface area contributed by atoms with E-state index in [4.69, 9.17) is 6.42 Å². The minimum absolute atomic E-state index is 0.0313. The number of nitrogens with one attached hydrogen (secondary N) is 1. The minimum Gasteiger partial charge on any atom is -0.299 e. The number of aromatic nitrogens is 2. The highest BCUT2D eigenvalue weighted by Crippen LogP contribution is 2.11. The van der Waals surface area contributed by atoms with Crippen LogP contribution in [0.3, 0.4) is 0 Å². The lowest BCUT2D eigenvalue weighted by Crippen LogP contribution is -2.21. The van der Waals surface area contributed by atoms with Gasteiger partial charge in [0.1, 0.15) is 6.04 Å². The van der Waals surface area contributed by atoms with Crippen molar-refractivity contribution in [2.45, 2.75) is 19.9 Å². The summed E-state index contributed by atoms with van der Waals surface area (Å²) < 4.78 is 1.82. The van der Waals surface area contributed by atoms with Crippen LogP contribution in [-0.2, 0) is 7.05 Å². The van der Waals surface area contributed by atoms with E-state index in [1.54, 1.807) is 0 Å². The van der Waals surface area contributed by atoms with E-state index in [9.17, 15) is 0 Å². The molecule has 0 aliphatic heterocycles. The number of hydrogen-bond acceptors (Lipinski definition) is 2. The van der Waals surface area contributed by atoms with Gasteiger partial charge in [-0.1, -0.05) is 12.8 Å². The number of hydrogen-bond donors (Lipinski definition) is 1. The van der Waals surface area contributed by atoms with Crippen LogP contribution in [0.2, 0.25) is 0 Å². The molecule has 0 aliphatic carbocycles. The molecule has 3 heteroatoms. The van der Waals surface area contributed by atoms with E-state index in [0.29, 0.717) is 0 Å². The third kappa shape index (κ3) is 2.10. The molecule has 0 amide bonds. The Labute approximate surface area is 79.1 Å². The van der Waals surface area contributed by atoms with Crippen molar-refractivity contribution in [1.29, 1.82) is 0 Å². The quantitative estimate of drug-likeness (QED) is 0.698. The molecule has 0 bridgehead atoms. The van der Waals surface area contributed by atoms with Crippen molar-refractivity contribution in [3.63, 3.8) is 0 Å².